The molecule has 1 aromatic heterocycles. The molecule has 1 saturated heterocycles. The summed E-state index contributed by atoms with van der Waals surface area (Å²) in [4.78, 5) is 17.7. The van der Waals surface area contributed by atoms with E-state index in [1.165, 1.54) is 12.3 Å². The molecule has 0 spiro atoms. The van der Waals surface area contributed by atoms with Crippen molar-refractivity contribution in [2.24, 2.45) is 0 Å². The topological polar surface area (TPSA) is 91.5 Å². The second-order valence-corrected chi connectivity index (χ2v) is 7.93. The highest BCUT2D eigenvalue weighted by Crippen LogP contribution is 2.20. The van der Waals surface area contributed by atoms with E-state index in [1.807, 2.05) is 0 Å². The molecule has 1 amide bonds. The number of sulfone groups is 1. The Morgan fingerprint density at radius 2 is 2.04 bits per heavy atom. The lowest BCUT2D eigenvalue weighted by atomic mass is 10.2. The smallest absolute Gasteiger partial charge is 0.267 e. The van der Waals surface area contributed by atoms with Crippen molar-refractivity contribution >= 4 is 26.6 Å². The van der Waals surface area contributed by atoms with Gasteiger partial charge in [-0.1, -0.05) is 0 Å². The van der Waals surface area contributed by atoms with Gasteiger partial charge in [0.05, 0.1) is 18.1 Å². The fraction of sp³-hybridized carbons (Fsp3) is 0.438. The van der Waals surface area contributed by atoms with Gasteiger partial charge in [0.15, 0.2) is 9.84 Å². The number of ether oxygens (including phenoxy) is 1. The monoisotopic (exact) mass is 351 g/mol. The van der Waals surface area contributed by atoms with E-state index in [2.05, 4.69) is 15.2 Å². The molecule has 0 unspecified atom stereocenters. The highest BCUT2D eigenvalue weighted by Gasteiger charge is 2.14. The van der Waals surface area contributed by atoms with Crippen LogP contribution < -0.4 is 5.32 Å². The first kappa shape index (κ1) is 16.9. The van der Waals surface area contributed by atoms with Crippen molar-refractivity contribution in [2.45, 2.75) is 4.90 Å². The maximum atomic E-state index is 12.2. The molecule has 0 atom stereocenters. The number of rotatable bonds is 5. The summed E-state index contributed by atoms with van der Waals surface area (Å²) in [5.41, 5.74) is 1.17. The van der Waals surface area contributed by atoms with E-state index in [4.69, 9.17) is 4.74 Å². The fourth-order valence-corrected chi connectivity index (χ4v) is 3.37. The minimum absolute atomic E-state index is 0.194. The molecular formula is C16H21N3O4S. The number of aromatic nitrogens is 1. The van der Waals surface area contributed by atoms with Gasteiger partial charge in [0.25, 0.3) is 5.91 Å². The van der Waals surface area contributed by atoms with Gasteiger partial charge in [0.1, 0.15) is 5.69 Å². The number of benzene rings is 1. The van der Waals surface area contributed by atoms with Gasteiger partial charge in [-0.2, -0.15) is 0 Å². The zero-order valence-corrected chi connectivity index (χ0v) is 14.4. The van der Waals surface area contributed by atoms with Crippen LogP contribution in [0.25, 0.3) is 10.9 Å². The number of nitrogens with zero attached hydrogens (tertiary/aromatic N) is 1. The first-order valence-electron chi connectivity index (χ1n) is 7.84. The molecule has 1 aliphatic heterocycles. The lowest BCUT2D eigenvalue weighted by Gasteiger charge is -2.26. The van der Waals surface area contributed by atoms with Crippen molar-refractivity contribution in [3.05, 3.63) is 30.0 Å². The van der Waals surface area contributed by atoms with Crippen LogP contribution in [-0.4, -0.2) is 69.9 Å². The van der Waals surface area contributed by atoms with Crippen LogP contribution in [0.4, 0.5) is 0 Å². The number of fused-ring (bicyclic) bond motifs is 1. The number of carbonyl (C=O) groups excluding carboxylic acids is 1. The molecule has 7 nitrogen and oxygen atoms in total. The van der Waals surface area contributed by atoms with Crippen molar-refractivity contribution in [1.29, 1.82) is 0 Å². The average molecular weight is 351 g/mol. The molecule has 3 rings (SSSR count). The standard InChI is InChI=1S/C16H21N3O4S/c1-24(21,22)13-2-3-14-12(10-13)11-15(18-14)16(20)17-4-5-19-6-8-23-9-7-19/h2-3,10-11,18H,4-9H2,1H3,(H,17,20). The quantitative estimate of drug-likeness (QED) is 0.825. The molecular weight excluding hydrogens is 330 g/mol. The third-order valence-corrected chi connectivity index (χ3v) is 5.19. The first-order chi connectivity index (χ1) is 11.4. The van der Waals surface area contributed by atoms with Crippen LogP contribution in [-0.2, 0) is 14.6 Å². The van der Waals surface area contributed by atoms with Crippen LogP contribution in [0.5, 0.6) is 0 Å². The summed E-state index contributed by atoms with van der Waals surface area (Å²) in [5, 5.41) is 3.59. The van der Waals surface area contributed by atoms with Gasteiger partial charge >= 0.3 is 0 Å². The Labute approximate surface area is 140 Å². The zero-order valence-electron chi connectivity index (χ0n) is 13.5. The number of amides is 1. The van der Waals surface area contributed by atoms with E-state index in [0.717, 1.165) is 38.4 Å². The van der Waals surface area contributed by atoms with E-state index < -0.39 is 9.84 Å². The number of hydrogen-bond donors (Lipinski definition) is 2. The van der Waals surface area contributed by atoms with Crippen molar-refractivity contribution in [1.82, 2.24) is 15.2 Å². The number of carbonyl (C=O) groups is 1. The minimum Gasteiger partial charge on any atom is -0.379 e. The Hall–Kier alpha value is -1.90. The Bertz CT molecular complexity index is 838. The normalized spacial score (nSPS) is 16.4. The number of aromatic amines is 1. The third kappa shape index (κ3) is 3.95. The number of hydrogen-bond acceptors (Lipinski definition) is 5. The van der Waals surface area contributed by atoms with Crippen LogP contribution in [0.3, 0.4) is 0 Å². The molecule has 1 aromatic carbocycles. The SMILES string of the molecule is CS(=O)(=O)c1ccc2[nH]c(C(=O)NCCN3CCOCC3)cc2c1. The van der Waals surface area contributed by atoms with Gasteiger partial charge < -0.3 is 15.0 Å². The second-order valence-electron chi connectivity index (χ2n) is 5.91. The molecule has 1 fully saturated rings. The highest BCUT2D eigenvalue weighted by molar-refractivity contribution is 7.90. The number of nitrogens with one attached hydrogen (secondary N) is 2. The molecule has 0 radical (unpaired) electrons. The largest absolute Gasteiger partial charge is 0.379 e. The van der Waals surface area contributed by atoms with Gasteiger partial charge in [0, 0.05) is 43.3 Å². The lowest BCUT2D eigenvalue weighted by molar-refractivity contribution is 0.0383. The maximum absolute atomic E-state index is 12.2. The predicted molar refractivity (Wildman–Crippen MR) is 91.0 cm³/mol. The van der Waals surface area contributed by atoms with E-state index in [9.17, 15) is 13.2 Å². The van der Waals surface area contributed by atoms with Crippen molar-refractivity contribution in [2.75, 3.05) is 45.6 Å². The van der Waals surface area contributed by atoms with Crippen LogP contribution in [0.2, 0.25) is 0 Å². The van der Waals surface area contributed by atoms with Crippen LogP contribution >= 0.6 is 0 Å². The highest BCUT2D eigenvalue weighted by atomic mass is 32.2. The van der Waals surface area contributed by atoms with Crippen LogP contribution in [0, 0.1) is 0 Å². The van der Waals surface area contributed by atoms with Crippen molar-refractivity contribution in [3.63, 3.8) is 0 Å². The summed E-state index contributed by atoms with van der Waals surface area (Å²) in [5.74, 6) is -0.194. The molecule has 2 aromatic rings. The summed E-state index contributed by atoms with van der Waals surface area (Å²) in [6.45, 7) is 4.58. The van der Waals surface area contributed by atoms with Crippen molar-refractivity contribution < 1.29 is 17.9 Å². The maximum Gasteiger partial charge on any atom is 0.267 e. The van der Waals surface area contributed by atoms with Gasteiger partial charge in [-0.05, 0) is 24.3 Å². The summed E-state index contributed by atoms with van der Waals surface area (Å²) in [7, 11) is -3.26. The molecule has 1 aliphatic rings. The van der Waals surface area contributed by atoms with Crippen LogP contribution in [0.15, 0.2) is 29.2 Å². The Kier molecular flexibility index (Phi) is 4.88. The third-order valence-electron chi connectivity index (χ3n) is 4.08. The van der Waals surface area contributed by atoms with Crippen LogP contribution in [0.1, 0.15) is 10.5 Å². The Morgan fingerprint density at radius 3 is 2.75 bits per heavy atom. The van der Waals surface area contributed by atoms with E-state index in [0.29, 0.717) is 17.6 Å². The fourth-order valence-electron chi connectivity index (χ4n) is 2.71. The molecule has 24 heavy (non-hydrogen) atoms. The molecule has 130 valence electrons. The molecule has 8 heteroatoms. The molecule has 0 bridgehead atoms. The molecule has 2 N–H and O–H groups in total. The number of H-pyrrole nitrogens is 1. The van der Waals surface area contributed by atoms with E-state index in [1.54, 1.807) is 18.2 Å². The minimum atomic E-state index is -3.26. The van der Waals surface area contributed by atoms with Gasteiger partial charge in [0.2, 0.25) is 0 Å². The van der Waals surface area contributed by atoms with E-state index in [-0.39, 0.29) is 10.8 Å². The zero-order chi connectivity index (χ0) is 17.2. The summed E-state index contributed by atoms with van der Waals surface area (Å²) < 4.78 is 28.5. The summed E-state index contributed by atoms with van der Waals surface area (Å²) >= 11 is 0. The lowest BCUT2D eigenvalue weighted by Crippen LogP contribution is -2.41. The summed E-state index contributed by atoms with van der Waals surface area (Å²) in [6.07, 6.45) is 1.17. The number of morpholine rings is 1. The Morgan fingerprint density at radius 1 is 1.29 bits per heavy atom. The summed E-state index contributed by atoms with van der Waals surface area (Å²) in [6, 6.07) is 6.46. The molecule has 2 heterocycles. The Balaban J connectivity index is 1.64. The average Bonchev–Trinajstić information content (AvgIpc) is 2.98. The van der Waals surface area contributed by atoms with E-state index >= 15 is 0 Å². The van der Waals surface area contributed by atoms with Crippen molar-refractivity contribution in [3.8, 4) is 0 Å². The molecule has 0 aliphatic carbocycles. The van der Waals surface area contributed by atoms with Gasteiger partial charge in [-0.3, -0.25) is 9.69 Å². The molecule has 0 saturated carbocycles. The van der Waals surface area contributed by atoms with Gasteiger partial charge in [-0.15, -0.1) is 0 Å². The second kappa shape index (κ2) is 6.92. The van der Waals surface area contributed by atoms with Gasteiger partial charge in [-0.25, -0.2) is 8.42 Å². The predicted octanol–water partition coefficient (Wildman–Crippen LogP) is 0.633. The first-order valence-corrected chi connectivity index (χ1v) is 9.74.